The van der Waals surface area contributed by atoms with Crippen molar-refractivity contribution < 1.29 is 14.7 Å². The van der Waals surface area contributed by atoms with E-state index in [1.807, 2.05) is 18.2 Å². The second kappa shape index (κ2) is 6.23. The van der Waals surface area contributed by atoms with Crippen LogP contribution >= 0.6 is 0 Å². The number of hydrogen-bond donors (Lipinski definition) is 3. The number of carbonyl (C=O) groups is 2. The van der Waals surface area contributed by atoms with Crippen LogP contribution in [0.15, 0.2) is 30.5 Å². The molecule has 20 heavy (non-hydrogen) atoms. The van der Waals surface area contributed by atoms with Crippen molar-refractivity contribution in [2.45, 2.75) is 19.8 Å². The van der Waals surface area contributed by atoms with E-state index in [9.17, 15) is 9.59 Å². The van der Waals surface area contributed by atoms with Crippen molar-refractivity contribution in [3.8, 4) is 0 Å². The number of carboxylic acids is 1. The van der Waals surface area contributed by atoms with Gasteiger partial charge in [0.2, 0.25) is 0 Å². The van der Waals surface area contributed by atoms with Crippen molar-refractivity contribution >= 4 is 22.8 Å². The molecule has 0 aliphatic carbocycles. The summed E-state index contributed by atoms with van der Waals surface area (Å²) in [7, 11) is 0. The van der Waals surface area contributed by atoms with Crippen LogP contribution in [-0.2, 0) is 4.79 Å². The minimum Gasteiger partial charge on any atom is -0.481 e. The maximum atomic E-state index is 12.1. The van der Waals surface area contributed by atoms with E-state index in [0.717, 1.165) is 10.9 Å². The standard InChI is InChI=1S/C15H18N2O3/c1-10(15(19)20)4-3-8-17-14(18)12-6-2-5-11-7-9-16-13(11)12/h2,5-7,9-10,16H,3-4,8H2,1H3,(H,17,18)(H,19,20). The third kappa shape index (κ3) is 3.17. The lowest BCUT2D eigenvalue weighted by atomic mass is 10.1. The molecule has 1 heterocycles. The maximum absolute atomic E-state index is 12.1. The van der Waals surface area contributed by atoms with E-state index < -0.39 is 5.97 Å². The van der Waals surface area contributed by atoms with Crippen molar-refractivity contribution in [2.75, 3.05) is 6.54 Å². The third-order valence-electron chi connectivity index (χ3n) is 3.35. The van der Waals surface area contributed by atoms with Crippen molar-refractivity contribution in [2.24, 2.45) is 5.92 Å². The van der Waals surface area contributed by atoms with Crippen LogP contribution in [0.2, 0.25) is 0 Å². The molecule has 2 aromatic rings. The number of para-hydroxylation sites is 1. The first-order valence-corrected chi connectivity index (χ1v) is 6.66. The molecule has 0 radical (unpaired) electrons. The highest BCUT2D eigenvalue weighted by molar-refractivity contribution is 6.05. The molecule has 1 aromatic heterocycles. The zero-order valence-electron chi connectivity index (χ0n) is 11.3. The number of carbonyl (C=O) groups excluding carboxylic acids is 1. The fourth-order valence-electron chi connectivity index (χ4n) is 2.10. The molecule has 0 saturated heterocycles. The lowest BCUT2D eigenvalue weighted by molar-refractivity contribution is -0.141. The first kappa shape index (κ1) is 14.1. The average molecular weight is 274 g/mol. The molecule has 1 atom stereocenters. The molecule has 0 spiro atoms. The van der Waals surface area contributed by atoms with Gasteiger partial charge in [-0.3, -0.25) is 9.59 Å². The Kier molecular flexibility index (Phi) is 4.40. The van der Waals surface area contributed by atoms with Gasteiger partial charge < -0.3 is 15.4 Å². The Morgan fingerprint density at radius 1 is 1.35 bits per heavy atom. The van der Waals surface area contributed by atoms with Crippen molar-refractivity contribution in [1.82, 2.24) is 10.3 Å². The molecule has 0 aliphatic heterocycles. The molecule has 0 aliphatic rings. The van der Waals surface area contributed by atoms with E-state index in [1.165, 1.54) is 0 Å². The van der Waals surface area contributed by atoms with Crippen molar-refractivity contribution in [3.05, 3.63) is 36.0 Å². The van der Waals surface area contributed by atoms with E-state index in [2.05, 4.69) is 10.3 Å². The minimum atomic E-state index is -0.799. The molecule has 1 aromatic carbocycles. The summed E-state index contributed by atoms with van der Waals surface area (Å²) in [5, 5.41) is 12.6. The fourth-order valence-corrected chi connectivity index (χ4v) is 2.10. The van der Waals surface area contributed by atoms with Gasteiger partial charge in [-0.1, -0.05) is 19.1 Å². The van der Waals surface area contributed by atoms with Crippen LogP contribution in [-0.4, -0.2) is 28.5 Å². The summed E-state index contributed by atoms with van der Waals surface area (Å²) in [6.07, 6.45) is 3.01. The number of amides is 1. The number of benzene rings is 1. The number of nitrogens with one attached hydrogen (secondary N) is 2. The van der Waals surface area contributed by atoms with Crippen LogP contribution in [0.5, 0.6) is 0 Å². The monoisotopic (exact) mass is 274 g/mol. The lowest BCUT2D eigenvalue weighted by Gasteiger charge is -2.08. The Morgan fingerprint density at radius 3 is 2.90 bits per heavy atom. The molecule has 3 N–H and O–H groups in total. The number of aromatic amines is 1. The van der Waals surface area contributed by atoms with Crippen LogP contribution < -0.4 is 5.32 Å². The van der Waals surface area contributed by atoms with Gasteiger partial charge in [-0.2, -0.15) is 0 Å². The molecular weight excluding hydrogens is 256 g/mol. The summed E-state index contributed by atoms with van der Waals surface area (Å²) in [4.78, 5) is 25.8. The Bertz CT molecular complexity index is 618. The summed E-state index contributed by atoms with van der Waals surface area (Å²) in [5.74, 6) is -1.31. The van der Waals surface area contributed by atoms with Gasteiger partial charge in [0.05, 0.1) is 17.0 Å². The normalized spacial score (nSPS) is 12.2. The smallest absolute Gasteiger partial charge is 0.306 e. The highest BCUT2D eigenvalue weighted by atomic mass is 16.4. The van der Waals surface area contributed by atoms with Crippen LogP contribution in [0, 0.1) is 5.92 Å². The van der Waals surface area contributed by atoms with Gasteiger partial charge in [0.1, 0.15) is 0 Å². The molecular formula is C15H18N2O3. The Morgan fingerprint density at radius 2 is 2.15 bits per heavy atom. The van der Waals surface area contributed by atoms with E-state index >= 15 is 0 Å². The van der Waals surface area contributed by atoms with Gasteiger partial charge in [0.15, 0.2) is 0 Å². The number of aliphatic carboxylic acids is 1. The zero-order chi connectivity index (χ0) is 14.5. The van der Waals surface area contributed by atoms with Crippen molar-refractivity contribution in [3.63, 3.8) is 0 Å². The average Bonchev–Trinajstić information content (AvgIpc) is 2.90. The van der Waals surface area contributed by atoms with E-state index in [1.54, 1.807) is 19.2 Å². The summed E-state index contributed by atoms with van der Waals surface area (Å²) in [5.41, 5.74) is 1.43. The van der Waals surface area contributed by atoms with Gasteiger partial charge in [-0.25, -0.2) is 0 Å². The Hall–Kier alpha value is -2.30. The number of aromatic nitrogens is 1. The summed E-state index contributed by atoms with van der Waals surface area (Å²) < 4.78 is 0. The second-order valence-electron chi connectivity index (χ2n) is 4.88. The topological polar surface area (TPSA) is 82.2 Å². The first-order chi connectivity index (χ1) is 9.59. The van der Waals surface area contributed by atoms with Gasteiger partial charge in [0.25, 0.3) is 5.91 Å². The van der Waals surface area contributed by atoms with Crippen LogP contribution in [0.3, 0.4) is 0 Å². The Labute approximate surface area is 117 Å². The fraction of sp³-hybridized carbons (Fsp3) is 0.333. The van der Waals surface area contributed by atoms with Gasteiger partial charge in [0, 0.05) is 18.1 Å². The molecule has 5 heteroatoms. The molecule has 0 saturated carbocycles. The second-order valence-corrected chi connectivity index (χ2v) is 4.88. The van der Waals surface area contributed by atoms with Crippen molar-refractivity contribution in [1.29, 1.82) is 0 Å². The molecule has 0 fully saturated rings. The molecule has 106 valence electrons. The quantitative estimate of drug-likeness (QED) is 0.707. The summed E-state index contributed by atoms with van der Waals surface area (Å²) in [6, 6.07) is 7.48. The minimum absolute atomic E-state index is 0.138. The predicted octanol–water partition coefficient (Wildman–Crippen LogP) is 2.40. The van der Waals surface area contributed by atoms with E-state index in [-0.39, 0.29) is 11.8 Å². The van der Waals surface area contributed by atoms with Gasteiger partial charge in [-0.15, -0.1) is 0 Å². The molecule has 5 nitrogen and oxygen atoms in total. The SMILES string of the molecule is CC(CCCNC(=O)c1cccc2cc[nH]c12)C(=O)O. The number of hydrogen-bond acceptors (Lipinski definition) is 2. The lowest BCUT2D eigenvalue weighted by Crippen LogP contribution is -2.25. The van der Waals surface area contributed by atoms with E-state index in [0.29, 0.717) is 24.9 Å². The predicted molar refractivity (Wildman–Crippen MR) is 76.7 cm³/mol. The van der Waals surface area contributed by atoms with Crippen LogP contribution in [0.1, 0.15) is 30.1 Å². The summed E-state index contributed by atoms with van der Waals surface area (Å²) >= 11 is 0. The third-order valence-corrected chi connectivity index (χ3v) is 3.35. The number of fused-ring (bicyclic) bond motifs is 1. The van der Waals surface area contributed by atoms with Crippen LogP contribution in [0.25, 0.3) is 10.9 Å². The molecule has 1 amide bonds. The molecule has 1 unspecified atom stereocenters. The van der Waals surface area contributed by atoms with Gasteiger partial charge in [-0.05, 0) is 25.0 Å². The summed E-state index contributed by atoms with van der Waals surface area (Å²) in [6.45, 7) is 2.15. The number of H-pyrrole nitrogens is 1. The number of carboxylic acid groups (broad SMARTS) is 1. The highest BCUT2D eigenvalue weighted by Gasteiger charge is 2.12. The van der Waals surface area contributed by atoms with E-state index in [4.69, 9.17) is 5.11 Å². The Balaban J connectivity index is 1.89. The highest BCUT2D eigenvalue weighted by Crippen LogP contribution is 2.16. The largest absolute Gasteiger partial charge is 0.481 e. The van der Waals surface area contributed by atoms with Gasteiger partial charge >= 0.3 is 5.97 Å². The molecule has 2 rings (SSSR count). The molecule has 0 bridgehead atoms. The maximum Gasteiger partial charge on any atom is 0.306 e. The van der Waals surface area contributed by atoms with Crippen LogP contribution in [0.4, 0.5) is 0 Å². The first-order valence-electron chi connectivity index (χ1n) is 6.66. The number of rotatable bonds is 6. The zero-order valence-corrected chi connectivity index (χ0v) is 11.3.